The summed E-state index contributed by atoms with van der Waals surface area (Å²) in [6, 6.07) is 6.61. The molecule has 0 radical (unpaired) electrons. The van der Waals surface area contributed by atoms with Crippen molar-refractivity contribution in [2.75, 3.05) is 18.4 Å². The van der Waals surface area contributed by atoms with Crippen LogP contribution in [0.4, 0.5) is 10.3 Å². The topological polar surface area (TPSA) is 90.0 Å². The number of nitrogens with zero attached hydrogens (tertiary/aromatic N) is 3. The maximum Gasteiger partial charge on any atom is 0.229 e. The van der Waals surface area contributed by atoms with Crippen LogP contribution in [0.5, 0.6) is 0 Å². The number of aryl methyl sites for hydroxylation is 2. The van der Waals surface area contributed by atoms with Crippen LogP contribution in [0.3, 0.4) is 0 Å². The lowest BCUT2D eigenvalue weighted by molar-refractivity contribution is 0.629. The summed E-state index contributed by atoms with van der Waals surface area (Å²) in [6.45, 7) is 6.94. The monoisotopic (exact) mass is 413 g/mol. The van der Waals surface area contributed by atoms with Gasteiger partial charge in [-0.25, -0.2) is 14.4 Å². The van der Waals surface area contributed by atoms with E-state index < -0.39 is 0 Å². The van der Waals surface area contributed by atoms with E-state index in [0.717, 1.165) is 27.9 Å². The highest BCUT2D eigenvalue weighted by Gasteiger charge is 2.08. The maximum absolute atomic E-state index is 13.6. The van der Waals surface area contributed by atoms with Gasteiger partial charge in [0.25, 0.3) is 0 Å². The Balaban J connectivity index is 1.76. The first-order chi connectivity index (χ1) is 13.9. The largest absolute Gasteiger partial charge is 0.363 e. The summed E-state index contributed by atoms with van der Waals surface area (Å²) >= 11 is 5.27. The van der Waals surface area contributed by atoms with Crippen LogP contribution in [-0.4, -0.2) is 39.1 Å². The molecule has 0 aliphatic rings. The Morgan fingerprint density at radius 2 is 1.97 bits per heavy atom. The summed E-state index contributed by atoms with van der Waals surface area (Å²) in [4.78, 5) is 16.5. The summed E-state index contributed by atoms with van der Waals surface area (Å²) in [5.74, 6) is 0.642. The quantitative estimate of drug-likeness (QED) is 0.292. The lowest BCUT2D eigenvalue weighted by Crippen LogP contribution is -2.42. The van der Waals surface area contributed by atoms with Gasteiger partial charge >= 0.3 is 0 Å². The minimum atomic E-state index is -0.256. The Labute approximate surface area is 174 Å². The molecule has 2 aromatic heterocycles. The van der Waals surface area contributed by atoms with E-state index in [-0.39, 0.29) is 5.82 Å². The number of nitrogens with one attached hydrogen (secondary N) is 4. The fourth-order valence-corrected chi connectivity index (χ4v) is 3.20. The first-order valence-corrected chi connectivity index (χ1v) is 9.79. The first kappa shape index (κ1) is 20.7. The highest BCUT2D eigenvalue weighted by atomic mass is 32.1. The number of aromatic nitrogens is 3. The van der Waals surface area contributed by atoms with Gasteiger partial charge in [0.05, 0.1) is 0 Å². The number of H-pyrrole nitrogens is 1. The van der Waals surface area contributed by atoms with E-state index in [9.17, 15) is 4.39 Å². The van der Waals surface area contributed by atoms with E-state index in [4.69, 9.17) is 12.2 Å². The first-order valence-electron chi connectivity index (χ1n) is 9.38. The van der Waals surface area contributed by atoms with Crippen LogP contribution in [0, 0.1) is 19.7 Å². The highest BCUT2D eigenvalue weighted by Crippen LogP contribution is 2.19. The third-order valence-corrected chi connectivity index (χ3v) is 4.41. The van der Waals surface area contributed by atoms with Crippen molar-refractivity contribution < 1.29 is 4.39 Å². The number of hydrogen-bond acceptors (Lipinski definition) is 4. The number of anilines is 1. The lowest BCUT2D eigenvalue weighted by atomic mass is 10.1. The molecule has 0 bridgehead atoms. The minimum absolute atomic E-state index is 0.256. The number of fused-ring (bicyclic) bond motifs is 1. The van der Waals surface area contributed by atoms with Crippen molar-refractivity contribution in [3.8, 4) is 0 Å². The molecular formula is C20H24FN7S. The summed E-state index contributed by atoms with van der Waals surface area (Å²) < 4.78 is 13.6. The molecule has 9 heteroatoms. The Hall–Kier alpha value is -3.07. The standard InChI is InChI=1S/C20H24FN7S/c1-4-22-20(29)28-18(27-19-25-12(2)9-13(3)26-19)23-8-7-14-11-24-17-6-5-15(21)10-16(14)17/h5-6,9-11,24H,4,7-8H2,1-3H3,(H3,22,23,25,26,27,28,29). The van der Waals surface area contributed by atoms with Gasteiger partial charge in [0.2, 0.25) is 11.9 Å². The zero-order chi connectivity index (χ0) is 20.8. The average molecular weight is 414 g/mol. The number of hydrogen-bond donors (Lipinski definition) is 4. The molecule has 0 saturated carbocycles. The molecule has 0 fully saturated rings. The Kier molecular flexibility index (Phi) is 6.71. The van der Waals surface area contributed by atoms with Crippen LogP contribution in [-0.2, 0) is 6.42 Å². The molecule has 29 heavy (non-hydrogen) atoms. The molecule has 0 saturated heterocycles. The number of rotatable bonds is 5. The van der Waals surface area contributed by atoms with Gasteiger partial charge in [-0.1, -0.05) is 0 Å². The van der Waals surface area contributed by atoms with E-state index in [1.807, 2.05) is 33.0 Å². The van der Waals surface area contributed by atoms with E-state index >= 15 is 0 Å². The Bertz CT molecular complexity index is 1020. The second kappa shape index (κ2) is 9.42. The van der Waals surface area contributed by atoms with Crippen LogP contribution in [0.2, 0.25) is 0 Å². The average Bonchev–Trinajstić information content (AvgIpc) is 3.03. The summed E-state index contributed by atoms with van der Waals surface area (Å²) in [7, 11) is 0. The van der Waals surface area contributed by atoms with E-state index in [0.29, 0.717) is 36.5 Å². The van der Waals surface area contributed by atoms with Crippen molar-refractivity contribution in [3.05, 3.63) is 53.2 Å². The van der Waals surface area contributed by atoms with Gasteiger partial charge in [-0.2, -0.15) is 0 Å². The van der Waals surface area contributed by atoms with Crippen molar-refractivity contribution in [1.29, 1.82) is 0 Å². The molecule has 1 aromatic carbocycles. The second-order valence-corrected chi connectivity index (χ2v) is 6.98. The predicted octanol–water partition coefficient (Wildman–Crippen LogP) is 3.21. The number of aliphatic imine (C=N–C) groups is 1. The maximum atomic E-state index is 13.6. The van der Waals surface area contributed by atoms with Crippen molar-refractivity contribution >= 4 is 40.1 Å². The minimum Gasteiger partial charge on any atom is -0.363 e. The molecule has 2 heterocycles. The van der Waals surface area contributed by atoms with Gasteiger partial charge in [-0.05, 0) is 69.2 Å². The van der Waals surface area contributed by atoms with E-state index in [1.54, 1.807) is 6.07 Å². The molecule has 3 rings (SSSR count). The fourth-order valence-electron chi connectivity index (χ4n) is 2.96. The van der Waals surface area contributed by atoms with Crippen molar-refractivity contribution in [2.24, 2.45) is 4.99 Å². The van der Waals surface area contributed by atoms with Crippen LogP contribution in [0.1, 0.15) is 23.9 Å². The zero-order valence-corrected chi connectivity index (χ0v) is 17.5. The van der Waals surface area contributed by atoms with Crippen LogP contribution in [0.25, 0.3) is 10.9 Å². The van der Waals surface area contributed by atoms with Gasteiger partial charge in [0.15, 0.2) is 5.11 Å². The zero-order valence-electron chi connectivity index (χ0n) is 16.6. The van der Waals surface area contributed by atoms with E-state index in [1.165, 1.54) is 12.1 Å². The SMILES string of the molecule is CCNC(=S)NC(=NCCc1c[nH]c2ccc(F)cc12)Nc1nc(C)cc(C)n1. The molecule has 0 spiro atoms. The molecule has 0 unspecified atom stereocenters. The normalized spacial score (nSPS) is 11.5. The third-order valence-electron chi connectivity index (χ3n) is 4.16. The van der Waals surface area contributed by atoms with Gasteiger partial charge in [-0.15, -0.1) is 0 Å². The van der Waals surface area contributed by atoms with Crippen LogP contribution >= 0.6 is 12.2 Å². The molecule has 0 atom stereocenters. The molecule has 0 aliphatic carbocycles. The van der Waals surface area contributed by atoms with Gasteiger partial charge in [0, 0.05) is 41.6 Å². The van der Waals surface area contributed by atoms with Gasteiger partial charge in [0.1, 0.15) is 5.82 Å². The Morgan fingerprint density at radius 3 is 2.69 bits per heavy atom. The third kappa shape index (κ3) is 5.71. The second-order valence-electron chi connectivity index (χ2n) is 6.57. The molecule has 152 valence electrons. The number of aromatic amines is 1. The van der Waals surface area contributed by atoms with Crippen molar-refractivity contribution in [2.45, 2.75) is 27.2 Å². The number of guanidine groups is 1. The predicted molar refractivity (Wildman–Crippen MR) is 119 cm³/mol. The van der Waals surface area contributed by atoms with Crippen LogP contribution in [0.15, 0.2) is 35.5 Å². The van der Waals surface area contributed by atoms with Gasteiger partial charge < -0.3 is 15.6 Å². The molecule has 4 N–H and O–H groups in total. The fraction of sp³-hybridized carbons (Fsp3) is 0.300. The van der Waals surface area contributed by atoms with Gasteiger partial charge in [-0.3, -0.25) is 10.3 Å². The van der Waals surface area contributed by atoms with Crippen molar-refractivity contribution in [3.63, 3.8) is 0 Å². The van der Waals surface area contributed by atoms with Crippen molar-refractivity contribution in [1.82, 2.24) is 25.6 Å². The molecule has 7 nitrogen and oxygen atoms in total. The summed E-state index contributed by atoms with van der Waals surface area (Å²) in [5.41, 5.74) is 3.61. The number of benzene rings is 1. The smallest absolute Gasteiger partial charge is 0.229 e. The molecule has 0 aliphatic heterocycles. The number of thiocarbonyl (C=S) groups is 1. The molecule has 3 aromatic rings. The summed E-state index contributed by atoms with van der Waals surface area (Å²) in [6.07, 6.45) is 2.52. The highest BCUT2D eigenvalue weighted by molar-refractivity contribution is 7.80. The van der Waals surface area contributed by atoms with Crippen LogP contribution < -0.4 is 16.0 Å². The molecular weight excluding hydrogens is 389 g/mol. The number of halogens is 1. The Morgan fingerprint density at radius 1 is 1.21 bits per heavy atom. The summed E-state index contributed by atoms with van der Waals surface area (Å²) in [5, 5.41) is 10.5. The lowest BCUT2D eigenvalue weighted by Gasteiger charge is -2.13. The van der Waals surface area contributed by atoms with E-state index in [2.05, 4.69) is 35.9 Å². The molecule has 0 amide bonds.